The summed E-state index contributed by atoms with van der Waals surface area (Å²) in [6.45, 7) is 8.98. The Bertz CT molecular complexity index is 625. The van der Waals surface area contributed by atoms with Crippen LogP contribution in [0.15, 0.2) is 23.5 Å². The topological polar surface area (TPSA) is 29.5 Å². The van der Waals surface area contributed by atoms with Crippen molar-refractivity contribution in [2.24, 2.45) is 5.92 Å². The average molecular weight is 314 g/mol. The third-order valence-electron chi connectivity index (χ3n) is 5.58. The zero-order valence-corrected chi connectivity index (χ0v) is 15.0. The number of phenolic OH excluding ortho intramolecular Hbond substituents is 1. The lowest BCUT2D eigenvalue weighted by Gasteiger charge is -2.40. The summed E-state index contributed by atoms with van der Waals surface area (Å²) in [4.78, 5) is 0. The van der Waals surface area contributed by atoms with Crippen LogP contribution in [0.2, 0.25) is 0 Å². The molecule has 0 saturated heterocycles. The van der Waals surface area contributed by atoms with Gasteiger partial charge in [-0.3, -0.25) is 0 Å². The molecule has 2 aliphatic rings. The third-order valence-corrected chi connectivity index (χ3v) is 5.58. The molecule has 1 aromatic carbocycles. The van der Waals surface area contributed by atoms with Gasteiger partial charge in [-0.1, -0.05) is 40.5 Å². The number of ether oxygens (including phenoxy) is 1. The molecule has 2 heteroatoms. The monoisotopic (exact) mass is 314 g/mol. The predicted molar refractivity (Wildman–Crippen MR) is 95.0 cm³/mol. The van der Waals surface area contributed by atoms with Gasteiger partial charge < -0.3 is 9.84 Å². The first-order chi connectivity index (χ1) is 10.9. The van der Waals surface area contributed by atoms with Gasteiger partial charge in [-0.05, 0) is 54.9 Å². The second-order valence-electron chi connectivity index (χ2n) is 7.92. The van der Waals surface area contributed by atoms with Gasteiger partial charge in [0.2, 0.25) is 0 Å². The van der Waals surface area contributed by atoms with Crippen LogP contribution in [0.25, 0.3) is 0 Å². The number of rotatable bonds is 4. The molecular weight excluding hydrogens is 284 g/mol. The van der Waals surface area contributed by atoms with Crippen molar-refractivity contribution in [2.45, 2.75) is 78.1 Å². The lowest BCUT2D eigenvalue weighted by atomic mass is 9.69. The summed E-state index contributed by atoms with van der Waals surface area (Å²) in [6, 6.07) is 4.12. The van der Waals surface area contributed by atoms with Crippen LogP contribution in [0.5, 0.6) is 11.5 Å². The Kier molecular flexibility index (Phi) is 4.44. The van der Waals surface area contributed by atoms with Crippen LogP contribution in [-0.2, 0) is 11.8 Å². The molecule has 0 fully saturated rings. The molecule has 0 amide bonds. The number of fused-ring (bicyclic) bond motifs is 1. The summed E-state index contributed by atoms with van der Waals surface area (Å²) in [5, 5.41) is 10.7. The van der Waals surface area contributed by atoms with Gasteiger partial charge in [0, 0.05) is 17.4 Å². The minimum absolute atomic E-state index is 0.130. The maximum absolute atomic E-state index is 10.7. The fourth-order valence-corrected chi connectivity index (χ4v) is 4.21. The average Bonchev–Trinajstić information content (AvgIpc) is 2.46. The van der Waals surface area contributed by atoms with Gasteiger partial charge in [0.05, 0.1) is 0 Å². The normalized spacial score (nSPS) is 22.3. The molecule has 1 N–H and O–H groups in total. The summed E-state index contributed by atoms with van der Waals surface area (Å²) in [7, 11) is 0. The van der Waals surface area contributed by atoms with Gasteiger partial charge in [0.15, 0.2) is 0 Å². The van der Waals surface area contributed by atoms with Crippen molar-refractivity contribution in [1.82, 2.24) is 0 Å². The summed E-state index contributed by atoms with van der Waals surface area (Å²) < 4.78 is 6.29. The fourth-order valence-electron chi connectivity index (χ4n) is 4.21. The highest BCUT2D eigenvalue weighted by molar-refractivity contribution is 5.58. The van der Waals surface area contributed by atoms with Crippen molar-refractivity contribution >= 4 is 0 Å². The molecule has 126 valence electrons. The Morgan fingerprint density at radius 2 is 2.04 bits per heavy atom. The number of hydrogen-bond donors (Lipinski definition) is 1. The molecular formula is C21H30O2. The minimum atomic E-state index is -0.130. The van der Waals surface area contributed by atoms with Crippen molar-refractivity contribution in [3.8, 4) is 11.5 Å². The molecule has 0 saturated carbocycles. The van der Waals surface area contributed by atoms with E-state index in [2.05, 4.69) is 33.8 Å². The van der Waals surface area contributed by atoms with Crippen LogP contribution in [0.4, 0.5) is 0 Å². The van der Waals surface area contributed by atoms with Crippen molar-refractivity contribution in [3.05, 3.63) is 34.6 Å². The second-order valence-corrected chi connectivity index (χ2v) is 7.92. The summed E-state index contributed by atoms with van der Waals surface area (Å²) in [5.41, 5.74) is 3.43. The molecule has 23 heavy (non-hydrogen) atoms. The Morgan fingerprint density at radius 1 is 1.26 bits per heavy atom. The fraction of sp³-hybridized carbons (Fsp3) is 0.619. The highest BCUT2D eigenvalue weighted by Gasteiger charge is 2.40. The molecule has 1 aliphatic heterocycles. The smallest absolute Gasteiger partial charge is 0.134 e. The quantitative estimate of drug-likeness (QED) is 0.704. The number of phenols is 1. The third kappa shape index (κ3) is 3.00. The zero-order valence-electron chi connectivity index (χ0n) is 15.0. The van der Waals surface area contributed by atoms with E-state index < -0.39 is 0 Å². The van der Waals surface area contributed by atoms with Crippen LogP contribution in [-0.4, -0.2) is 5.11 Å². The van der Waals surface area contributed by atoms with E-state index in [1.807, 2.05) is 6.07 Å². The molecule has 1 aromatic rings. The largest absolute Gasteiger partial charge is 0.507 e. The number of allylic oxidation sites excluding steroid dienone is 2. The molecule has 1 atom stereocenters. The SMILES string of the molecule is CCCCCc1cc(O)c2c(c1)OC1=C(CC[C@H](C)C1)C2(C)C. The minimum Gasteiger partial charge on any atom is -0.507 e. The number of aryl methyl sites for hydroxylation is 1. The highest BCUT2D eigenvalue weighted by atomic mass is 16.5. The summed E-state index contributed by atoms with van der Waals surface area (Å²) in [5.74, 6) is 3.14. The standard InChI is InChI=1S/C21H30O2/c1-5-6-7-8-15-12-17(22)20-19(13-15)23-18-11-14(2)9-10-16(18)21(20,3)4/h12-14,22H,5-11H2,1-4H3/t14-/m0/s1. The van der Waals surface area contributed by atoms with Crippen LogP contribution in [0, 0.1) is 5.92 Å². The molecule has 1 aliphatic carbocycles. The van der Waals surface area contributed by atoms with Crippen molar-refractivity contribution in [2.75, 3.05) is 0 Å². The molecule has 3 rings (SSSR count). The van der Waals surface area contributed by atoms with Crippen LogP contribution in [0.1, 0.15) is 77.3 Å². The Hall–Kier alpha value is -1.44. The molecule has 0 bridgehead atoms. The van der Waals surface area contributed by atoms with Gasteiger partial charge in [0.25, 0.3) is 0 Å². The number of benzene rings is 1. The highest BCUT2D eigenvalue weighted by Crippen LogP contribution is 2.52. The first-order valence-electron chi connectivity index (χ1n) is 9.20. The number of unbranched alkanes of at least 4 members (excludes halogenated alkanes) is 2. The summed E-state index contributed by atoms with van der Waals surface area (Å²) >= 11 is 0. The van der Waals surface area contributed by atoms with E-state index in [9.17, 15) is 5.11 Å². The zero-order chi connectivity index (χ0) is 16.6. The van der Waals surface area contributed by atoms with E-state index >= 15 is 0 Å². The van der Waals surface area contributed by atoms with Gasteiger partial charge >= 0.3 is 0 Å². The maximum Gasteiger partial charge on any atom is 0.134 e. The summed E-state index contributed by atoms with van der Waals surface area (Å²) in [6.07, 6.45) is 7.96. The molecule has 0 aromatic heterocycles. The second kappa shape index (κ2) is 6.22. The van der Waals surface area contributed by atoms with Gasteiger partial charge in [-0.2, -0.15) is 0 Å². The number of hydrogen-bond acceptors (Lipinski definition) is 2. The van der Waals surface area contributed by atoms with E-state index in [1.165, 1.54) is 36.8 Å². The lowest BCUT2D eigenvalue weighted by molar-refractivity contribution is 0.286. The van der Waals surface area contributed by atoms with Crippen molar-refractivity contribution in [3.63, 3.8) is 0 Å². The molecule has 0 unspecified atom stereocenters. The Morgan fingerprint density at radius 3 is 2.78 bits per heavy atom. The van der Waals surface area contributed by atoms with E-state index in [4.69, 9.17) is 4.74 Å². The Labute approximate surface area is 140 Å². The molecule has 0 radical (unpaired) electrons. The first-order valence-corrected chi connectivity index (χ1v) is 9.20. The van der Waals surface area contributed by atoms with Crippen LogP contribution in [0.3, 0.4) is 0 Å². The van der Waals surface area contributed by atoms with Gasteiger partial charge in [-0.15, -0.1) is 0 Å². The number of aromatic hydroxyl groups is 1. The van der Waals surface area contributed by atoms with Crippen LogP contribution < -0.4 is 4.74 Å². The Balaban J connectivity index is 1.96. The first kappa shape index (κ1) is 16.4. The van der Waals surface area contributed by atoms with Crippen molar-refractivity contribution in [1.29, 1.82) is 0 Å². The van der Waals surface area contributed by atoms with E-state index in [0.717, 1.165) is 36.3 Å². The van der Waals surface area contributed by atoms with Gasteiger partial charge in [-0.25, -0.2) is 0 Å². The van der Waals surface area contributed by atoms with Crippen LogP contribution >= 0.6 is 0 Å². The molecule has 2 nitrogen and oxygen atoms in total. The van der Waals surface area contributed by atoms with E-state index in [-0.39, 0.29) is 5.41 Å². The van der Waals surface area contributed by atoms with Crippen molar-refractivity contribution < 1.29 is 9.84 Å². The van der Waals surface area contributed by atoms with E-state index in [1.54, 1.807) is 0 Å². The molecule has 0 spiro atoms. The maximum atomic E-state index is 10.7. The van der Waals surface area contributed by atoms with Gasteiger partial charge in [0.1, 0.15) is 17.3 Å². The lowest BCUT2D eigenvalue weighted by Crippen LogP contribution is -2.31. The van der Waals surface area contributed by atoms with E-state index in [0.29, 0.717) is 11.7 Å². The predicted octanol–water partition coefficient (Wildman–Crippen LogP) is 5.87. The molecule has 1 heterocycles.